The molecule has 8 nitrogen and oxygen atoms in total. The van der Waals surface area contributed by atoms with Gasteiger partial charge in [0.05, 0.1) is 40.5 Å². The molecule has 0 aliphatic heterocycles. The summed E-state index contributed by atoms with van der Waals surface area (Å²) < 4.78 is 40.1. The number of benzene rings is 1. The quantitative estimate of drug-likeness (QED) is 0.461. The van der Waals surface area contributed by atoms with Gasteiger partial charge >= 0.3 is 0 Å². The summed E-state index contributed by atoms with van der Waals surface area (Å²) in [6, 6.07) is 6.02. The Labute approximate surface area is 167 Å². The highest BCUT2D eigenvalue weighted by Crippen LogP contribution is 2.19. The molecule has 0 saturated heterocycles. The molecule has 28 heavy (non-hydrogen) atoms. The first kappa shape index (κ1) is 22.0. The first-order valence-electron chi connectivity index (χ1n) is 8.18. The topological polar surface area (TPSA) is 113 Å². The Morgan fingerprint density at radius 2 is 2.07 bits per heavy atom. The Bertz CT molecular complexity index is 967. The number of hydrogen-bond acceptors (Lipinski definition) is 7. The van der Waals surface area contributed by atoms with Crippen molar-refractivity contribution in [2.45, 2.75) is 24.4 Å². The fourth-order valence-electron chi connectivity index (χ4n) is 2.06. The number of nitrogens with one attached hydrogen (secondary N) is 2. The molecule has 0 aliphatic carbocycles. The Balaban J connectivity index is 2.03. The van der Waals surface area contributed by atoms with Gasteiger partial charge in [0.2, 0.25) is 10.0 Å². The first-order chi connectivity index (χ1) is 13.3. The standard InChI is InChI=1S/C17H19ClFN5O3S/c1-11(21-8-13(10-25)20-2)17-6-3-12(23-24-17)9-22-28(26,27)14-4-5-16(19)15(18)7-14/h3-7,10,13,20,22H,8-9H2,1-2H3. The van der Waals surface area contributed by atoms with Crippen LogP contribution in [0.2, 0.25) is 5.02 Å². The average molecular weight is 428 g/mol. The zero-order valence-corrected chi connectivity index (χ0v) is 16.8. The van der Waals surface area contributed by atoms with E-state index >= 15 is 0 Å². The van der Waals surface area contributed by atoms with Crippen LogP contribution in [0.3, 0.4) is 0 Å². The van der Waals surface area contributed by atoms with Crippen LogP contribution in [0.25, 0.3) is 0 Å². The largest absolute Gasteiger partial charge is 0.309 e. The molecule has 150 valence electrons. The number of hydrogen-bond donors (Lipinski definition) is 2. The van der Waals surface area contributed by atoms with Crippen molar-refractivity contribution in [1.29, 1.82) is 0 Å². The smallest absolute Gasteiger partial charge is 0.240 e. The van der Waals surface area contributed by atoms with Gasteiger partial charge in [-0.3, -0.25) is 4.99 Å². The normalized spacial score (nSPS) is 13.4. The highest BCUT2D eigenvalue weighted by atomic mass is 35.5. The van der Waals surface area contributed by atoms with Gasteiger partial charge in [0.25, 0.3) is 0 Å². The molecule has 1 atom stereocenters. The predicted molar refractivity (Wildman–Crippen MR) is 103 cm³/mol. The highest BCUT2D eigenvalue weighted by Gasteiger charge is 2.16. The molecule has 2 rings (SSSR count). The van der Waals surface area contributed by atoms with E-state index in [4.69, 9.17) is 11.6 Å². The SMILES string of the molecule is CNC(C=O)CN=C(C)c1ccc(CNS(=O)(=O)c2ccc(F)c(Cl)c2)nn1. The maximum atomic E-state index is 13.2. The van der Waals surface area contributed by atoms with Gasteiger partial charge in [-0.25, -0.2) is 17.5 Å². The molecule has 1 aromatic carbocycles. The zero-order chi connectivity index (χ0) is 20.7. The van der Waals surface area contributed by atoms with Crippen LogP contribution in [0.1, 0.15) is 18.3 Å². The number of rotatable bonds is 9. The molecule has 0 spiro atoms. The molecule has 0 amide bonds. The van der Waals surface area contributed by atoms with Crippen LogP contribution in [0.4, 0.5) is 4.39 Å². The minimum Gasteiger partial charge on any atom is -0.309 e. The van der Waals surface area contributed by atoms with Gasteiger partial charge in [-0.05, 0) is 44.3 Å². The Hall–Kier alpha value is -2.27. The predicted octanol–water partition coefficient (Wildman–Crippen LogP) is 1.34. The maximum Gasteiger partial charge on any atom is 0.240 e. The van der Waals surface area contributed by atoms with Crippen molar-refractivity contribution in [2.24, 2.45) is 4.99 Å². The van der Waals surface area contributed by atoms with E-state index < -0.39 is 15.8 Å². The number of aromatic nitrogens is 2. The van der Waals surface area contributed by atoms with Crippen LogP contribution in [0.15, 0.2) is 40.2 Å². The minimum absolute atomic E-state index is 0.103. The summed E-state index contributed by atoms with van der Waals surface area (Å²) in [5.74, 6) is -0.701. The Kier molecular flexibility index (Phi) is 7.69. The number of nitrogens with zero attached hydrogens (tertiary/aromatic N) is 3. The first-order valence-corrected chi connectivity index (χ1v) is 10.0. The molecule has 1 aromatic heterocycles. The Morgan fingerprint density at radius 3 is 2.64 bits per heavy atom. The number of halogens is 2. The minimum atomic E-state index is -3.88. The summed E-state index contributed by atoms with van der Waals surface area (Å²) in [7, 11) is -2.21. The van der Waals surface area contributed by atoms with E-state index in [0.29, 0.717) is 17.1 Å². The molecule has 2 N–H and O–H groups in total. The average Bonchev–Trinajstić information content (AvgIpc) is 2.69. The molecule has 0 aliphatic rings. The molecule has 1 heterocycles. The molecule has 11 heteroatoms. The van der Waals surface area contributed by atoms with E-state index in [1.807, 2.05) is 0 Å². The summed E-state index contributed by atoms with van der Waals surface area (Å²) in [6.45, 7) is 1.91. The number of aldehydes is 1. The molecule has 2 aromatic rings. The van der Waals surface area contributed by atoms with E-state index in [1.165, 1.54) is 0 Å². The lowest BCUT2D eigenvalue weighted by atomic mass is 10.2. The van der Waals surface area contributed by atoms with Crippen molar-refractivity contribution in [3.8, 4) is 0 Å². The van der Waals surface area contributed by atoms with E-state index in [9.17, 15) is 17.6 Å². The van der Waals surface area contributed by atoms with Crippen molar-refractivity contribution >= 4 is 33.6 Å². The summed E-state index contributed by atoms with van der Waals surface area (Å²) in [5, 5.41) is 10.5. The lowest BCUT2D eigenvalue weighted by Gasteiger charge is -2.08. The van der Waals surface area contributed by atoms with Gasteiger partial charge in [0, 0.05) is 0 Å². The zero-order valence-electron chi connectivity index (χ0n) is 15.2. The lowest BCUT2D eigenvalue weighted by Crippen LogP contribution is -2.30. The number of aliphatic imine (C=N–C) groups is 1. The summed E-state index contributed by atoms with van der Waals surface area (Å²) in [5.41, 5.74) is 1.50. The fraction of sp³-hybridized carbons (Fsp3) is 0.294. The van der Waals surface area contributed by atoms with Crippen LogP contribution in [-0.4, -0.2) is 50.2 Å². The third-order valence-corrected chi connectivity index (χ3v) is 5.48. The van der Waals surface area contributed by atoms with E-state index in [1.54, 1.807) is 26.1 Å². The molecule has 0 fully saturated rings. The van der Waals surface area contributed by atoms with E-state index in [0.717, 1.165) is 24.5 Å². The van der Waals surface area contributed by atoms with Crippen molar-refractivity contribution in [1.82, 2.24) is 20.2 Å². The van der Waals surface area contributed by atoms with E-state index in [-0.39, 0.29) is 29.0 Å². The molecule has 0 bridgehead atoms. The van der Waals surface area contributed by atoms with Gasteiger partial charge in [0.15, 0.2) is 0 Å². The Morgan fingerprint density at radius 1 is 1.32 bits per heavy atom. The molecular weight excluding hydrogens is 409 g/mol. The lowest BCUT2D eigenvalue weighted by molar-refractivity contribution is -0.109. The summed E-state index contributed by atoms with van der Waals surface area (Å²) >= 11 is 5.62. The van der Waals surface area contributed by atoms with Gasteiger partial charge in [-0.15, -0.1) is 5.10 Å². The number of carbonyl (C=O) groups is 1. The third kappa shape index (κ3) is 5.86. The summed E-state index contributed by atoms with van der Waals surface area (Å²) in [4.78, 5) is 14.9. The molecule has 0 radical (unpaired) electrons. The monoisotopic (exact) mass is 427 g/mol. The van der Waals surface area contributed by atoms with Crippen LogP contribution in [0.5, 0.6) is 0 Å². The van der Waals surface area contributed by atoms with Gasteiger partial charge in [0.1, 0.15) is 17.8 Å². The second-order valence-electron chi connectivity index (χ2n) is 5.77. The van der Waals surface area contributed by atoms with Crippen molar-refractivity contribution in [2.75, 3.05) is 13.6 Å². The van der Waals surface area contributed by atoms with Crippen LogP contribution < -0.4 is 10.0 Å². The second kappa shape index (κ2) is 9.78. The van der Waals surface area contributed by atoms with Gasteiger partial charge in [-0.2, -0.15) is 5.10 Å². The van der Waals surface area contributed by atoms with E-state index in [2.05, 4.69) is 25.2 Å². The fourth-order valence-corrected chi connectivity index (χ4v) is 3.33. The number of carbonyl (C=O) groups excluding carboxylic acids is 1. The van der Waals surface area contributed by atoms with Crippen molar-refractivity contribution in [3.05, 3.63) is 52.6 Å². The van der Waals surface area contributed by atoms with Gasteiger partial charge < -0.3 is 10.1 Å². The van der Waals surface area contributed by atoms with Crippen LogP contribution >= 0.6 is 11.6 Å². The van der Waals surface area contributed by atoms with Crippen LogP contribution in [0, 0.1) is 5.82 Å². The molecule has 0 saturated carbocycles. The van der Waals surface area contributed by atoms with Crippen LogP contribution in [-0.2, 0) is 21.4 Å². The molecular formula is C17H19ClFN5O3S. The molecule has 1 unspecified atom stereocenters. The van der Waals surface area contributed by atoms with Gasteiger partial charge in [-0.1, -0.05) is 11.6 Å². The second-order valence-corrected chi connectivity index (χ2v) is 7.94. The van der Waals surface area contributed by atoms with Crippen molar-refractivity contribution < 1.29 is 17.6 Å². The number of sulfonamides is 1. The maximum absolute atomic E-state index is 13.2. The number of likely N-dealkylation sites (N-methyl/N-ethyl adjacent to an activating group) is 1. The van der Waals surface area contributed by atoms with Crippen molar-refractivity contribution in [3.63, 3.8) is 0 Å². The highest BCUT2D eigenvalue weighted by molar-refractivity contribution is 7.89. The summed E-state index contributed by atoms with van der Waals surface area (Å²) in [6.07, 6.45) is 0.770. The third-order valence-electron chi connectivity index (χ3n) is 3.80.